The Morgan fingerprint density at radius 1 is 1.33 bits per heavy atom. The largest absolute Gasteiger partial charge is 0.388 e. The van der Waals surface area contributed by atoms with Crippen LogP contribution in [0.25, 0.3) is 0 Å². The topological polar surface area (TPSA) is 23.5 Å². The Labute approximate surface area is 117 Å². The van der Waals surface area contributed by atoms with Crippen LogP contribution in [-0.4, -0.2) is 34.7 Å². The number of hydrogen-bond acceptors (Lipinski definition) is 2. The van der Waals surface area contributed by atoms with Gasteiger partial charge in [-0.05, 0) is 37.4 Å². The van der Waals surface area contributed by atoms with E-state index in [4.69, 9.17) is 23.2 Å². The van der Waals surface area contributed by atoms with Crippen molar-refractivity contribution in [2.75, 3.05) is 13.1 Å². The first-order chi connectivity index (χ1) is 8.60. The van der Waals surface area contributed by atoms with Crippen LogP contribution < -0.4 is 0 Å². The van der Waals surface area contributed by atoms with Gasteiger partial charge in [0.05, 0.1) is 15.6 Å². The third-order valence-corrected chi connectivity index (χ3v) is 5.20. The predicted molar refractivity (Wildman–Crippen MR) is 74.3 cm³/mol. The molecule has 0 saturated carbocycles. The molecule has 18 heavy (non-hydrogen) atoms. The predicted octanol–water partition coefficient (Wildman–Crippen LogP) is 3.14. The van der Waals surface area contributed by atoms with Gasteiger partial charge < -0.3 is 5.11 Å². The Hall–Kier alpha value is -0.280. The lowest BCUT2D eigenvalue weighted by Crippen LogP contribution is -2.43. The zero-order valence-corrected chi connectivity index (χ0v) is 11.7. The lowest BCUT2D eigenvalue weighted by atomic mass is 9.86. The van der Waals surface area contributed by atoms with Gasteiger partial charge in [0.25, 0.3) is 0 Å². The summed E-state index contributed by atoms with van der Waals surface area (Å²) in [4.78, 5) is 2.40. The molecule has 98 valence electrons. The lowest BCUT2D eigenvalue weighted by Gasteiger charge is -2.30. The molecule has 1 aromatic rings. The maximum atomic E-state index is 10.9. The normalized spacial score (nSPS) is 31.8. The first kappa shape index (κ1) is 12.7. The van der Waals surface area contributed by atoms with E-state index >= 15 is 0 Å². The van der Waals surface area contributed by atoms with Gasteiger partial charge in [0, 0.05) is 19.0 Å². The van der Waals surface area contributed by atoms with Crippen molar-refractivity contribution in [3.05, 3.63) is 33.8 Å². The highest BCUT2D eigenvalue weighted by Gasteiger charge is 2.47. The van der Waals surface area contributed by atoms with Gasteiger partial charge in [-0.1, -0.05) is 35.3 Å². The summed E-state index contributed by atoms with van der Waals surface area (Å²) in [5.41, 5.74) is 0.325. The number of halogens is 2. The average molecular weight is 286 g/mol. The van der Waals surface area contributed by atoms with Crippen molar-refractivity contribution in [1.29, 1.82) is 0 Å². The van der Waals surface area contributed by atoms with Crippen LogP contribution in [0.5, 0.6) is 0 Å². The van der Waals surface area contributed by atoms with E-state index in [-0.39, 0.29) is 0 Å². The summed E-state index contributed by atoms with van der Waals surface area (Å²) < 4.78 is 0. The first-order valence-corrected chi connectivity index (χ1v) is 7.25. The minimum absolute atomic E-state index is 0.299. The van der Waals surface area contributed by atoms with Gasteiger partial charge in [-0.2, -0.15) is 0 Å². The summed E-state index contributed by atoms with van der Waals surface area (Å²) in [6, 6.07) is 5.94. The number of nitrogens with zero attached hydrogens (tertiary/aromatic N) is 1. The Bertz CT molecular complexity index is 465. The van der Waals surface area contributed by atoms with Crippen molar-refractivity contribution < 1.29 is 5.11 Å². The summed E-state index contributed by atoms with van der Waals surface area (Å²) >= 11 is 12.3. The summed E-state index contributed by atoms with van der Waals surface area (Å²) in [7, 11) is 0. The van der Waals surface area contributed by atoms with Crippen molar-refractivity contribution in [2.45, 2.75) is 37.3 Å². The molecule has 0 radical (unpaired) electrons. The highest BCUT2D eigenvalue weighted by Crippen LogP contribution is 2.39. The van der Waals surface area contributed by atoms with Gasteiger partial charge >= 0.3 is 0 Å². The Balaban J connectivity index is 1.85. The summed E-state index contributed by atoms with van der Waals surface area (Å²) in [5, 5.41) is 12.0. The molecule has 2 atom stereocenters. The highest BCUT2D eigenvalue weighted by atomic mass is 35.5. The summed E-state index contributed by atoms with van der Waals surface area (Å²) in [6.07, 6.45) is 3.72. The maximum absolute atomic E-state index is 10.9. The Morgan fingerprint density at radius 3 is 3.00 bits per heavy atom. The maximum Gasteiger partial charge on any atom is 0.0855 e. The van der Waals surface area contributed by atoms with Crippen molar-refractivity contribution in [3.8, 4) is 0 Å². The van der Waals surface area contributed by atoms with E-state index in [0.29, 0.717) is 22.5 Å². The van der Waals surface area contributed by atoms with E-state index in [1.165, 1.54) is 6.42 Å². The SMILES string of the molecule is OC1(Cc2cccc(Cl)c2Cl)CCN2CCCC21. The van der Waals surface area contributed by atoms with Crippen molar-refractivity contribution in [2.24, 2.45) is 0 Å². The number of aliphatic hydroxyl groups is 1. The molecule has 2 aliphatic rings. The van der Waals surface area contributed by atoms with Crippen LogP contribution >= 0.6 is 23.2 Å². The molecule has 2 unspecified atom stereocenters. The van der Waals surface area contributed by atoms with Gasteiger partial charge in [0.1, 0.15) is 0 Å². The highest BCUT2D eigenvalue weighted by molar-refractivity contribution is 6.42. The second-order valence-electron chi connectivity index (χ2n) is 5.44. The van der Waals surface area contributed by atoms with E-state index < -0.39 is 5.60 Å². The van der Waals surface area contributed by atoms with Crippen LogP contribution in [0, 0.1) is 0 Å². The molecular formula is C14H17Cl2NO. The number of benzene rings is 1. The molecule has 1 aromatic carbocycles. The molecule has 0 amide bonds. The van der Waals surface area contributed by atoms with Gasteiger partial charge in [0.2, 0.25) is 0 Å². The Morgan fingerprint density at radius 2 is 2.17 bits per heavy atom. The van der Waals surface area contributed by atoms with Gasteiger partial charge in [-0.15, -0.1) is 0 Å². The minimum atomic E-state index is -0.634. The molecular weight excluding hydrogens is 269 g/mol. The van der Waals surface area contributed by atoms with E-state index in [9.17, 15) is 5.11 Å². The van der Waals surface area contributed by atoms with Crippen LogP contribution in [0.3, 0.4) is 0 Å². The lowest BCUT2D eigenvalue weighted by molar-refractivity contribution is 0.0141. The second-order valence-corrected chi connectivity index (χ2v) is 6.22. The fourth-order valence-electron chi connectivity index (χ4n) is 3.43. The van der Waals surface area contributed by atoms with Crippen LogP contribution in [0.4, 0.5) is 0 Å². The fraction of sp³-hybridized carbons (Fsp3) is 0.571. The van der Waals surface area contributed by atoms with Crippen LogP contribution in [0.1, 0.15) is 24.8 Å². The van der Waals surface area contributed by atoms with E-state index in [2.05, 4.69) is 4.90 Å². The van der Waals surface area contributed by atoms with Crippen molar-refractivity contribution >= 4 is 23.2 Å². The molecule has 1 N–H and O–H groups in total. The molecule has 2 saturated heterocycles. The quantitative estimate of drug-likeness (QED) is 0.903. The molecule has 0 aromatic heterocycles. The van der Waals surface area contributed by atoms with Crippen molar-refractivity contribution in [3.63, 3.8) is 0 Å². The molecule has 2 fully saturated rings. The van der Waals surface area contributed by atoms with Crippen LogP contribution in [0.15, 0.2) is 18.2 Å². The summed E-state index contributed by atoms with van der Waals surface area (Å²) in [5.74, 6) is 0. The third-order valence-electron chi connectivity index (χ3n) is 4.34. The van der Waals surface area contributed by atoms with Gasteiger partial charge in [-0.25, -0.2) is 0 Å². The molecule has 2 nitrogen and oxygen atoms in total. The zero-order valence-electron chi connectivity index (χ0n) is 10.2. The minimum Gasteiger partial charge on any atom is -0.388 e. The molecule has 2 heterocycles. The molecule has 3 rings (SSSR count). The van der Waals surface area contributed by atoms with Gasteiger partial charge in [0.15, 0.2) is 0 Å². The van der Waals surface area contributed by atoms with E-state index in [1.54, 1.807) is 6.07 Å². The first-order valence-electron chi connectivity index (χ1n) is 6.49. The molecule has 2 aliphatic heterocycles. The second kappa shape index (κ2) is 4.68. The van der Waals surface area contributed by atoms with E-state index in [1.807, 2.05) is 12.1 Å². The number of rotatable bonds is 2. The standard InChI is InChI=1S/C14H17Cl2NO/c15-11-4-1-3-10(13(11)16)9-14(18)6-8-17-7-2-5-12(14)17/h1,3-4,12,18H,2,5-9H2. The fourth-order valence-corrected chi connectivity index (χ4v) is 3.81. The van der Waals surface area contributed by atoms with Crippen LogP contribution in [0.2, 0.25) is 10.0 Å². The monoisotopic (exact) mass is 285 g/mol. The third kappa shape index (κ3) is 2.05. The average Bonchev–Trinajstić information content (AvgIpc) is 2.91. The number of fused-ring (bicyclic) bond motifs is 1. The zero-order chi connectivity index (χ0) is 12.8. The molecule has 0 bridgehead atoms. The smallest absolute Gasteiger partial charge is 0.0855 e. The van der Waals surface area contributed by atoms with Gasteiger partial charge in [-0.3, -0.25) is 4.90 Å². The number of hydrogen-bond donors (Lipinski definition) is 1. The Kier molecular flexibility index (Phi) is 3.31. The molecule has 4 heteroatoms. The van der Waals surface area contributed by atoms with E-state index in [0.717, 1.165) is 31.5 Å². The molecule has 0 spiro atoms. The van der Waals surface area contributed by atoms with Crippen molar-refractivity contribution in [1.82, 2.24) is 4.90 Å². The molecule has 0 aliphatic carbocycles. The summed E-state index contributed by atoms with van der Waals surface area (Å²) in [6.45, 7) is 2.12. The van der Waals surface area contributed by atoms with Crippen LogP contribution in [-0.2, 0) is 6.42 Å².